The Balaban J connectivity index is 0.000000582. The number of carboxylic acid groups (broad SMARTS) is 2. The zero-order chi connectivity index (χ0) is 24.1. The van der Waals surface area contributed by atoms with Crippen LogP contribution in [0.1, 0.15) is 47.4 Å². The van der Waals surface area contributed by atoms with E-state index in [9.17, 15) is 4.79 Å². The van der Waals surface area contributed by atoms with Gasteiger partial charge >= 0.3 is 0 Å². The topological polar surface area (TPSA) is 124 Å². The molecule has 2 N–H and O–H groups in total. The number of carbonyl (C=O) groups is 3. The van der Waals surface area contributed by atoms with Crippen LogP contribution in [0.15, 0.2) is 42.7 Å². The van der Waals surface area contributed by atoms with Gasteiger partial charge in [0.2, 0.25) is 0 Å². The third-order valence-electron chi connectivity index (χ3n) is 6.12. The van der Waals surface area contributed by atoms with E-state index >= 15 is 0 Å². The van der Waals surface area contributed by atoms with Gasteiger partial charge < -0.3 is 15.1 Å². The molecule has 0 atom stereocenters. The first kappa shape index (κ1) is 25.9. The molecule has 2 aliphatic rings. The van der Waals surface area contributed by atoms with Crippen LogP contribution in [0.25, 0.3) is 0 Å². The molecule has 0 aromatic carbocycles. The van der Waals surface area contributed by atoms with E-state index in [2.05, 4.69) is 27.0 Å². The average molecular weight is 457 g/mol. The molecule has 0 aliphatic carbocycles. The molecule has 2 saturated heterocycles. The summed E-state index contributed by atoms with van der Waals surface area (Å²) in [5.41, 5.74) is 3.15. The molecular weight excluding hydrogens is 424 g/mol. The van der Waals surface area contributed by atoms with Gasteiger partial charge in [-0.15, -0.1) is 0 Å². The molecule has 178 valence electrons. The van der Waals surface area contributed by atoms with Crippen LogP contribution < -0.4 is 0 Å². The fourth-order valence-corrected chi connectivity index (χ4v) is 4.53. The Kier molecular flexibility index (Phi) is 10.4. The molecule has 2 aliphatic heterocycles. The molecule has 0 bridgehead atoms. The van der Waals surface area contributed by atoms with Crippen LogP contribution in [0.4, 0.5) is 0 Å². The molecule has 2 aromatic rings. The van der Waals surface area contributed by atoms with E-state index in [1.807, 2.05) is 36.2 Å². The molecule has 1 spiro atoms. The standard InChI is InChI=1S/C22H28N4O.2CH2O2/c1-18-6-7-19(15-24-18)21(27)26-13-9-22(10-14-26)8-4-12-25(17-22)16-20-5-2-3-11-23-20;2*2-1-3/h2-3,5-7,11,15H,4,8-10,12-14,16-17H2,1H3;2*1H,(H,2,3). The number of hydrogen-bond acceptors (Lipinski definition) is 6. The van der Waals surface area contributed by atoms with Crippen LogP contribution in [0.5, 0.6) is 0 Å². The molecular formula is C24H32N4O5. The van der Waals surface area contributed by atoms with E-state index in [-0.39, 0.29) is 18.9 Å². The molecule has 4 rings (SSSR count). The number of aryl methyl sites for hydroxylation is 1. The number of piperidine rings is 2. The van der Waals surface area contributed by atoms with Gasteiger partial charge in [0, 0.05) is 44.3 Å². The second-order valence-electron chi connectivity index (χ2n) is 8.33. The maximum Gasteiger partial charge on any atom is 0.290 e. The number of pyridine rings is 2. The summed E-state index contributed by atoms with van der Waals surface area (Å²) in [6.45, 7) is 6.35. The number of aromatic nitrogens is 2. The van der Waals surface area contributed by atoms with Gasteiger partial charge in [0.1, 0.15) is 0 Å². The normalized spacial score (nSPS) is 17.1. The maximum atomic E-state index is 12.8. The number of nitrogens with zero attached hydrogens (tertiary/aromatic N) is 4. The number of hydrogen-bond donors (Lipinski definition) is 2. The van der Waals surface area contributed by atoms with E-state index in [4.69, 9.17) is 19.8 Å². The number of carbonyl (C=O) groups excluding carboxylic acids is 1. The zero-order valence-electron chi connectivity index (χ0n) is 19.0. The Morgan fingerprint density at radius 2 is 1.73 bits per heavy atom. The average Bonchev–Trinajstić information content (AvgIpc) is 2.82. The second-order valence-corrected chi connectivity index (χ2v) is 8.33. The lowest BCUT2D eigenvalue weighted by Crippen LogP contribution is -2.50. The predicted molar refractivity (Wildman–Crippen MR) is 123 cm³/mol. The summed E-state index contributed by atoms with van der Waals surface area (Å²) in [5.74, 6) is 0.124. The van der Waals surface area contributed by atoms with E-state index in [1.54, 1.807) is 6.20 Å². The molecule has 33 heavy (non-hydrogen) atoms. The lowest BCUT2D eigenvalue weighted by molar-refractivity contribution is -0.123. The first-order valence-corrected chi connectivity index (χ1v) is 11.0. The van der Waals surface area contributed by atoms with Gasteiger partial charge in [0.25, 0.3) is 18.9 Å². The molecule has 4 heterocycles. The minimum absolute atomic E-state index is 0.124. The molecule has 0 saturated carbocycles. The van der Waals surface area contributed by atoms with Crippen LogP contribution in [-0.4, -0.2) is 75.0 Å². The summed E-state index contributed by atoms with van der Waals surface area (Å²) in [5, 5.41) is 13.8. The molecule has 0 radical (unpaired) electrons. The highest BCUT2D eigenvalue weighted by molar-refractivity contribution is 5.94. The van der Waals surface area contributed by atoms with Gasteiger partial charge in [-0.3, -0.25) is 29.3 Å². The van der Waals surface area contributed by atoms with Crippen molar-refractivity contribution in [3.8, 4) is 0 Å². The van der Waals surface area contributed by atoms with Crippen molar-refractivity contribution in [2.45, 2.75) is 39.2 Å². The van der Waals surface area contributed by atoms with Crippen molar-refractivity contribution < 1.29 is 24.6 Å². The van der Waals surface area contributed by atoms with Crippen molar-refractivity contribution in [3.63, 3.8) is 0 Å². The lowest BCUT2D eigenvalue weighted by Gasteiger charge is -2.47. The smallest absolute Gasteiger partial charge is 0.290 e. The van der Waals surface area contributed by atoms with E-state index < -0.39 is 0 Å². The Morgan fingerprint density at radius 1 is 1.03 bits per heavy atom. The van der Waals surface area contributed by atoms with Crippen LogP contribution in [0.3, 0.4) is 0 Å². The van der Waals surface area contributed by atoms with Crippen molar-refractivity contribution in [1.29, 1.82) is 0 Å². The first-order chi connectivity index (χ1) is 16.0. The highest BCUT2D eigenvalue weighted by atomic mass is 16.3. The van der Waals surface area contributed by atoms with Crippen molar-refractivity contribution in [1.82, 2.24) is 19.8 Å². The number of rotatable bonds is 3. The van der Waals surface area contributed by atoms with Crippen LogP contribution in [-0.2, 0) is 16.1 Å². The van der Waals surface area contributed by atoms with Crippen LogP contribution in [0.2, 0.25) is 0 Å². The largest absolute Gasteiger partial charge is 0.483 e. The Bertz CT molecular complexity index is 862. The van der Waals surface area contributed by atoms with Gasteiger partial charge in [-0.25, -0.2) is 0 Å². The quantitative estimate of drug-likeness (QED) is 0.676. The summed E-state index contributed by atoms with van der Waals surface area (Å²) in [6.07, 6.45) is 8.28. The van der Waals surface area contributed by atoms with Crippen LogP contribution >= 0.6 is 0 Å². The fourth-order valence-electron chi connectivity index (χ4n) is 4.53. The third-order valence-corrected chi connectivity index (χ3v) is 6.12. The maximum absolute atomic E-state index is 12.8. The molecule has 9 nitrogen and oxygen atoms in total. The highest BCUT2D eigenvalue weighted by Crippen LogP contribution is 2.40. The Morgan fingerprint density at radius 3 is 2.30 bits per heavy atom. The molecule has 1 amide bonds. The summed E-state index contributed by atoms with van der Waals surface area (Å²) >= 11 is 0. The summed E-state index contributed by atoms with van der Waals surface area (Å²) in [6, 6.07) is 9.95. The molecule has 2 aromatic heterocycles. The number of amides is 1. The van der Waals surface area contributed by atoms with E-state index in [0.29, 0.717) is 11.0 Å². The minimum Gasteiger partial charge on any atom is -0.483 e. The van der Waals surface area contributed by atoms with Crippen molar-refractivity contribution in [3.05, 3.63) is 59.7 Å². The summed E-state index contributed by atoms with van der Waals surface area (Å²) in [7, 11) is 0. The minimum atomic E-state index is -0.250. The van der Waals surface area contributed by atoms with Gasteiger partial charge in [0.15, 0.2) is 0 Å². The highest BCUT2D eigenvalue weighted by Gasteiger charge is 2.39. The zero-order valence-corrected chi connectivity index (χ0v) is 19.0. The fraction of sp³-hybridized carbons (Fsp3) is 0.458. The molecule has 9 heteroatoms. The van der Waals surface area contributed by atoms with Gasteiger partial charge in [-0.1, -0.05) is 6.07 Å². The van der Waals surface area contributed by atoms with Gasteiger partial charge in [0.05, 0.1) is 11.3 Å². The van der Waals surface area contributed by atoms with Gasteiger partial charge in [-0.2, -0.15) is 0 Å². The van der Waals surface area contributed by atoms with Gasteiger partial charge in [-0.05, 0) is 68.8 Å². The summed E-state index contributed by atoms with van der Waals surface area (Å²) < 4.78 is 0. The molecule has 2 fully saturated rings. The van der Waals surface area contributed by atoms with Crippen molar-refractivity contribution in [2.75, 3.05) is 26.2 Å². The second kappa shape index (κ2) is 13.3. The lowest BCUT2D eigenvalue weighted by atomic mass is 9.72. The summed E-state index contributed by atoms with van der Waals surface area (Å²) in [4.78, 5) is 42.8. The Labute approximate surface area is 194 Å². The number of likely N-dealkylation sites (tertiary alicyclic amines) is 2. The Hall–Kier alpha value is -3.33. The predicted octanol–water partition coefficient (Wildman–Crippen LogP) is 2.71. The van der Waals surface area contributed by atoms with E-state index in [1.165, 1.54) is 12.8 Å². The van der Waals surface area contributed by atoms with Crippen LogP contribution in [0, 0.1) is 12.3 Å². The first-order valence-electron chi connectivity index (χ1n) is 11.0. The third kappa shape index (κ3) is 7.94. The van der Waals surface area contributed by atoms with E-state index in [0.717, 1.165) is 57.0 Å². The van der Waals surface area contributed by atoms with Crippen molar-refractivity contribution >= 4 is 18.9 Å². The molecule has 0 unspecified atom stereocenters. The SMILES string of the molecule is Cc1ccc(C(=O)N2CCC3(CCCN(Cc4ccccn4)C3)CC2)cn1.O=CO.O=CO. The monoisotopic (exact) mass is 456 g/mol. The van der Waals surface area contributed by atoms with Crippen molar-refractivity contribution in [2.24, 2.45) is 5.41 Å².